The van der Waals surface area contributed by atoms with E-state index in [1.165, 1.54) is 0 Å². The molecule has 80 valence electrons. The molecule has 0 radical (unpaired) electrons. The van der Waals surface area contributed by atoms with Gasteiger partial charge in [0.2, 0.25) is 0 Å². The van der Waals surface area contributed by atoms with Gasteiger partial charge in [0.05, 0.1) is 18.4 Å². The number of alkyl halides is 3. The highest BCUT2D eigenvalue weighted by atomic mass is 127. The topological polar surface area (TPSA) is 36.7 Å². The van der Waals surface area contributed by atoms with Crippen LogP contribution < -0.4 is 0 Å². The third-order valence-corrected chi connectivity index (χ3v) is 3.10. The molecule has 0 fully saturated rings. The van der Waals surface area contributed by atoms with E-state index in [9.17, 15) is 8.78 Å². The van der Waals surface area contributed by atoms with Crippen LogP contribution in [0.5, 0.6) is 0 Å². The van der Waals surface area contributed by atoms with E-state index in [4.69, 9.17) is 16.9 Å². The Morgan fingerprint density at radius 3 is 2.67 bits per heavy atom. The smallest absolute Gasteiger partial charge is 0.249 e. The molecule has 0 bridgehead atoms. The monoisotopic (exact) mass is 342 g/mol. The SMILES string of the molecule is N#CCc1c(C(F)F)cnc(I)c1CCl. The lowest BCUT2D eigenvalue weighted by Gasteiger charge is -2.11. The van der Waals surface area contributed by atoms with Crippen LogP contribution >= 0.6 is 34.2 Å². The van der Waals surface area contributed by atoms with Crippen molar-refractivity contribution in [3.8, 4) is 6.07 Å². The third-order valence-electron chi connectivity index (χ3n) is 1.90. The number of halogens is 4. The quantitative estimate of drug-likeness (QED) is 0.479. The van der Waals surface area contributed by atoms with E-state index in [0.717, 1.165) is 6.20 Å². The second-order valence-electron chi connectivity index (χ2n) is 2.73. The normalized spacial score (nSPS) is 10.4. The largest absolute Gasteiger partial charge is 0.265 e. The second-order valence-corrected chi connectivity index (χ2v) is 4.02. The average molecular weight is 343 g/mol. The maximum absolute atomic E-state index is 12.6. The van der Waals surface area contributed by atoms with Crippen molar-refractivity contribution < 1.29 is 8.78 Å². The minimum atomic E-state index is -2.63. The molecule has 0 N–H and O–H groups in total. The Labute approximate surface area is 104 Å². The Morgan fingerprint density at radius 2 is 2.20 bits per heavy atom. The van der Waals surface area contributed by atoms with Crippen LogP contribution in [0.15, 0.2) is 6.20 Å². The average Bonchev–Trinajstić information content (AvgIpc) is 2.18. The van der Waals surface area contributed by atoms with Gasteiger partial charge in [0, 0.05) is 17.3 Å². The summed E-state index contributed by atoms with van der Waals surface area (Å²) < 4.78 is 25.8. The highest BCUT2D eigenvalue weighted by Crippen LogP contribution is 2.28. The minimum Gasteiger partial charge on any atom is -0.249 e. The molecular weight excluding hydrogens is 336 g/mol. The van der Waals surface area contributed by atoms with Gasteiger partial charge in [-0.05, 0) is 28.2 Å². The molecule has 0 aliphatic heterocycles. The Kier molecular flexibility index (Phi) is 4.67. The highest BCUT2D eigenvalue weighted by molar-refractivity contribution is 14.1. The van der Waals surface area contributed by atoms with E-state index in [1.54, 1.807) is 0 Å². The molecule has 0 saturated carbocycles. The number of aromatic nitrogens is 1. The molecule has 0 unspecified atom stereocenters. The van der Waals surface area contributed by atoms with Gasteiger partial charge in [0.15, 0.2) is 0 Å². The zero-order valence-electron chi connectivity index (χ0n) is 7.48. The summed E-state index contributed by atoms with van der Waals surface area (Å²) in [4.78, 5) is 3.83. The molecule has 0 atom stereocenters. The molecule has 2 nitrogen and oxygen atoms in total. The number of rotatable bonds is 3. The first-order chi connectivity index (χ1) is 7.11. The Hall–Kier alpha value is -0.480. The lowest BCUT2D eigenvalue weighted by molar-refractivity contribution is 0.150. The summed E-state index contributed by atoms with van der Waals surface area (Å²) in [6.07, 6.45) is -1.59. The molecule has 1 aromatic rings. The van der Waals surface area contributed by atoms with E-state index in [0.29, 0.717) is 14.8 Å². The van der Waals surface area contributed by atoms with Crippen LogP contribution in [0, 0.1) is 15.0 Å². The third kappa shape index (κ3) is 2.75. The van der Waals surface area contributed by atoms with Crippen molar-refractivity contribution in [1.29, 1.82) is 5.26 Å². The standard InChI is InChI=1S/C9H6ClF2IN2/c10-3-6-5(1-2-14)7(8(11)12)4-15-9(6)13/h4,8H,1,3H2. The number of nitrogens with zero attached hydrogens (tertiary/aromatic N) is 2. The molecule has 0 aromatic carbocycles. The van der Waals surface area contributed by atoms with Crippen LogP contribution in [0.1, 0.15) is 23.1 Å². The van der Waals surface area contributed by atoms with Gasteiger partial charge < -0.3 is 0 Å². The molecule has 0 spiro atoms. The molecular formula is C9H6ClF2IN2. The molecule has 1 aromatic heterocycles. The van der Waals surface area contributed by atoms with Crippen LogP contribution in [0.4, 0.5) is 8.78 Å². The minimum absolute atomic E-state index is 0.0692. The van der Waals surface area contributed by atoms with Crippen LogP contribution in [-0.4, -0.2) is 4.98 Å². The van der Waals surface area contributed by atoms with Gasteiger partial charge in [0.25, 0.3) is 6.43 Å². The van der Waals surface area contributed by atoms with E-state index in [1.807, 2.05) is 28.7 Å². The highest BCUT2D eigenvalue weighted by Gasteiger charge is 2.18. The van der Waals surface area contributed by atoms with Gasteiger partial charge in [-0.25, -0.2) is 13.8 Å². The van der Waals surface area contributed by atoms with Crippen molar-refractivity contribution in [3.63, 3.8) is 0 Å². The number of hydrogen-bond acceptors (Lipinski definition) is 2. The van der Waals surface area contributed by atoms with E-state index in [2.05, 4.69) is 4.98 Å². The summed E-state index contributed by atoms with van der Waals surface area (Å²) in [5.74, 6) is 0.0862. The molecule has 6 heteroatoms. The van der Waals surface area contributed by atoms with Gasteiger partial charge in [-0.1, -0.05) is 0 Å². The van der Waals surface area contributed by atoms with E-state index in [-0.39, 0.29) is 17.9 Å². The van der Waals surface area contributed by atoms with Gasteiger partial charge in [0.1, 0.15) is 3.70 Å². The molecule has 0 amide bonds. The lowest BCUT2D eigenvalue weighted by atomic mass is 10.0. The van der Waals surface area contributed by atoms with Gasteiger partial charge in [-0.2, -0.15) is 5.26 Å². The number of hydrogen-bond donors (Lipinski definition) is 0. The summed E-state index contributed by atoms with van der Waals surface area (Å²) in [6.45, 7) is 0. The summed E-state index contributed by atoms with van der Waals surface area (Å²) in [7, 11) is 0. The van der Waals surface area contributed by atoms with Crippen molar-refractivity contribution >= 4 is 34.2 Å². The Bertz CT molecular complexity index is 404. The lowest BCUT2D eigenvalue weighted by Crippen LogP contribution is -2.03. The van der Waals surface area contributed by atoms with Crippen LogP contribution in [0.25, 0.3) is 0 Å². The molecule has 0 saturated heterocycles. The summed E-state index contributed by atoms with van der Waals surface area (Å²) in [6, 6.07) is 1.86. The van der Waals surface area contributed by atoms with Crippen molar-refractivity contribution in [2.45, 2.75) is 18.7 Å². The molecule has 1 rings (SSSR count). The van der Waals surface area contributed by atoms with Crippen LogP contribution in [0.2, 0.25) is 0 Å². The first-order valence-corrected chi connectivity index (χ1v) is 5.60. The van der Waals surface area contributed by atoms with E-state index >= 15 is 0 Å². The maximum atomic E-state index is 12.6. The van der Waals surface area contributed by atoms with Crippen molar-refractivity contribution in [2.75, 3.05) is 0 Å². The Balaban J connectivity index is 3.36. The summed E-state index contributed by atoms with van der Waals surface area (Å²) in [5, 5.41) is 8.58. The Morgan fingerprint density at radius 1 is 1.53 bits per heavy atom. The maximum Gasteiger partial charge on any atom is 0.265 e. The first-order valence-electron chi connectivity index (χ1n) is 3.99. The predicted molar refractivity (Wildman–Crippen MR) is 60.8 cm³/mol. The van der Waals surface area contributed by atoms with Crippen LogP contribution in [-0.2, 0) is 12.3 Å². The fourth-order valence-corrected chi connectivity index (χ4v) is 2.36. The molecule has 0 aliphatic rings. The molecule has 15 heavy (non-hydrogen) atoms. The zero-order chi connectivity index (χ0) is 11.4. The second kappa shape index (κ2) is 5.56. The number of nitriles is 1. The first kappa shape index (κ1) is 12.6. The zero-order valence-corrected chi connectivity index (χ0v) is 10.4. The molecule has 0 aliphatic carbocycles. The number of pyridine rings is 1. The molecule has 1 heterocycles. The van der Waals surface area contributed by atoms with Crippen LogP contribution in [0.3, 0.4) is 0 Å². The van der Waals surface area contributed by atoms with E-state index < -0.39 is 6.43 Å². The predicted octanol–water partition coefficient (Wildman–Crippen LogP) is 3.43. The summed E-state index contributed by atoms with van der Waals surface area (Å²) in [5.41, 5.74) is 0.631. The van der Waals surface area contributed by atoms with Crippen molar-refractivity contribution in [1.82, 2.24) is 4.98 Å². The van der Waals surface area contributed by atoms with Gasteiger partial charge in [-0.15, -0.1) is 11.6 Å². The fourth-order valence-electron chi connectivity index (χ4n) is 1.19. The summed E-state index contributed by atoms with van der Waals surface area (Å²) >= 11 is 7.57. The fraction of sp³-hybridized carbons (Fsp3) is 0.333. The van der Waals surface area contributed by atoms with Crippen molar-refractivity contribution in [2.24, 2.45) is 0 Å². The van der Waals surface area contributed by atoms with Gasteiger partial charge >= 0.3 is 0 Å². The van der Waals surface area contributed by atoms with Gasteiger partial charge in [-0.3, -0.25) is 0 Å². The van der Waals surface area contributed by atoms with Crippen molar-refractivity contribution in [3.05, 3.63) is 26.6 Å².